The van der Waals surface area contributed by atoms with E-state index in [1.165, 1.54) is 18.3 Å². The second-order valence-corrected chi connectivity index (χ2v) is 5.86. The van der Waals surface area contributed by atoms with E-state index in [1.807, 2.05) is 0 Å². The molecule has 0 aliphatic heterocycles. The summed E-state index contributed by atoms with van der Waals surface area (Å²) >= 11 is 1.37. The van der Waals surface area contributed by atoms with Crippen LogP contribution in [0.1, 0.15) is 28.5 Å². The molecule has 0 aliphatic rings. The van der Waals surface area contributed by atoms with E-state index < -0.39 is 34.5 Å². The largest absolute Gasteiger partial charge is 0.431 e. The molecule has 9 heteroatoms. The van der Waals surface area contributed by atoms with E-state index in [2.05, 4.69) is 5.32 Å². The Labute approximate surface area is 132 Å². The lowest BCUT2D eigenvalue weighted by molar-refractivity contribution is -0.141. The van der Waals surface area contributed by atoms with Gasteiger partial charge in [-0.25, -0.2) is 0 Å². The average Bonchev–Trinajstić information content (AvgIpc) is 2.98. The molecule has 2 rings (SSSR count). The number of hydrogen-bond donors (Lipinski definition) is 3. The highest BCUT2D eigenvalue weighted by atomic mass is 32.1. The number of hydrogen-bond acceptors (Lipinski definition) is 4. The Kier molecular flexibility index (Phi) is 4.62. The number of alkyl halides is 3. The normalized spacial score (nSPS) is 14.3. The van der Waals surface area contributed by atoms with Gasteiger partial charge in [0.05, 0.1) is 6.54 Å². The highest BCUT2D eigenvalue weighted by Crippen LogP contribution is 2.26. The van der Waals surface area contributed by atoms with Crippen molar-refractivity contribution in [3.05, 3.63) is 56.1 Å². The standard InChI is InChI=1S/C14H13F3N2O3S/c1-13(22,8-4-5-23-6-8)7-18-11(20)9-2-3-10(14(15,16)17)19-12(9)21/h2-6,22H,7H2,1H3,(H,18,20)(H,19,21). The van der Waals surface area contributed by atoms with Gasteiger partial charge in [0.15, 0.2) is 0 Å². The first kappa shape index (κ1) is 17.2. The Bertz CT molecular complexity index is 751. The van der Waals surface area contributed by atoms with Gasteiger partial charge in [-0.2, -0.15) is 24.5 Å². The molecule has 0 saturated carbocycles. The summed E-state index contributed by atoms with van der Waals surface area (Å²) in [5.74, 6) is -0.865. The lowest BCUT2D eigenvalue weighted by Gasteiger charge is -2.22. The number of nitrogens with one attached hydrogen (secondary N) is 2. The van der Waals surface area contributed by atoms with Crippen molar-refractivity contribution < 1.29 is 23.1 Å². The first-order valence-electron chi connectivity index (χ1n) is 6.45. The van der Waals surface area contributed by atoms with Crippen molar-refractivity contribution in [3.63, 3.8) is 0 Å². The van der Waals surface area contributed by atoms with Gasteiger partial charge in [0.25, 0.3) is 11.5 Å². The van der Waals surface area contributed by atoms with Crippen LogP contribution in [0.15, 0.2) is 33.8 Å². The Morgan fingerprint density at radius 3 is 2.57 bits per heavy atom. The minimum absolute atomic E-state index is 0.191. The summed E-state index contributed by atoms with van der Waals surface area (Å²) in [4.78, 5) is 25.1. The molecule has 5 nitrogen and oxygen atoms in total. The molecule has 1 unspecified atom stereocenters. The third-order valence-electron chi connectivity index (χ3n) is 3.20. The van der Waals surface area contributed by atoms with Crippen LogP contribution in [0.5, 0.6) is 0 Å². The zero-order valence-electron chi connectivity index (χ0n) is 11.9. The maximum Gasteiger partial charge on any atom is 0.431 e. The summed E-state index contributed by atoms with van der Waals surface area (Å²) in [7, 11) is 0. The Morgan fingerprint density at radius 1 is 1.35 bits per heavy atom. The zero-order chi connectivity index (χ0) is 17.3. The van der Waals surface area contributed by atoms with Gasteiger partial charge in [0.1, 0.15) is 16.9 Å². The van der Waals surface area contributed by atoms with Crippen LogP contribution in [-0.2, 0) is 11.8 Å². The predicted octanol–water partition coefficient (Wildman–Crippen LogP) is 2.09. The van der Waals surface area contributed by atoms with Crippen LogP contribution >= 0.6 is 11.3 Å². The average molecular weight is 346 g/mol. The second kappa shape index (κ2) is 6.17. The van der Waals surface area contributed by atoms with Gasteiger partial charge in [-0.15, -0.1) is 0 Å². The fourth-order valence-corrected chi connectivity index (χ4v) is 2.62. The molecule has 2 aromatic heterocycles. The number of thiophene rings is 1. The first-order chi connectivity index (χ1) is 10.6. The number of aromatic amines is 1. The van der Waals surface area contributed by atoms with Crippen molar-refractivity contribution >= 4 is 17.2 Å². The zero-order valence-corrected chi connectivity index (χ0v) is 12.7. The molecule has 0 radical (unpaired) electrons. The highest BCUT2D eigenvalue weighted by Gasteiger charge is 2.32. The fourth-order valence-electron chi connectivity index (χ4n) is 1.84. The van der Waals surface area contributed by atoms with Crippen molar-refractivity contribution in [2.45, 2.75) is 18.7 Å². The highest BCUT2D eigenvalue weighted by molar-refractivity contribution is 7.08. The Balaban J connectivity index is 2.11. The summed E-state index contributed by atoms with van der Waals surface area (Å²) in [6.45, 7) is 1.29. The molecule has 124 valence electrons. The van der Waals surface area contributed by atoms with E-state index in [0.717, 1.165) is 6.07 Å². The molecular formula is C14H13F3N2O3S. The van der Waals surface area contributed by atoms with E-state index in [1.54, 1.807) is 21.8 Å². The Hall–Kier alpha value is -2.13. The lowest BCUT2D eigenvalue weighted by atomic mass is 9.99. The van der Waals surface area contributed by atoms with Crippen molar-refractivity contribution in [2.75, 3.05) is 6.54 Å². The third kappa shape index (κ3) is 3.99. The molecular weight excluding hydrogens is 333 g/mol. The van der Waals surface area contributed by atoms with E-state index in [4.69, 9.17) is 0 Å². The number of halogens is 3. The summed E-state index contributed by atoms with van der Waals surface area (Å²) in [6, 6.07) is 3.10. The number of H-pyrrole nitrogens is 1. The van der Waals surface area contributed by atoms with Crippen LogP contribution in [0.3, 0.4) is 0 Å². The molecule has 2 heterocycles. The van der Waals surface area contributed by atoms with E-state index in [-0.39, 0.29) is 6.54 Å². The van der Waals surface area contributed by atoms with Crippen LogP contribution in [0, 0.1) is 0 Å². The maximum atomic E-state index is 12.5. The molecule has 0 spiro atoms. The van der Waals surface area contributed by atoms with Crippen LogP contribution in [0.4, 0.5) is 13.2 Å². The molecule has 1 amide bonds. The summed E-state index contributed by atoms with van der Waals surface area (Å²) in [6.07, 6.45) is -4.70. The van der Waals surface area contributed by atoms with Gasteiger partial charge < -0.3 is 15.4 Å². The van der Waals surface area contributed by atoms with Crippen molar-refractivity contribution in [1.29, 1.82) is 0 Å². The van der Waals surface area contributed by atoms with Gasteiger partial charge in [-0.1, -0.05) is 0 Å². The van der Waals surface area contributed by atoms with Crippen molar-refractivity contribution in [1.82, 2.24) is 10.3 Å². The third-order valence-corrected chi connectivity index (χ3v) is 3.88. The summed E-state index contributed by atoms with van der Waals surface area (Å²) in [5.41, 5.74) is -3.60. The Morgan fingerprint density at radius 2 is 2.04 bits per heavy atom. The van der Waals surface area contributed by atoms with Gasteiger partial charge in [-0.05, 0) is 41.4 Å². The van der Waals surface area contributed by atoms with Gasteiger partial charge >= 0.3 is 6.18 Å². The molecule has 1 atom stereocenters. The van der Waals surface area contributed by atoms with Crippen LogP contribution in [0.2, 0.25) is 0 Å². The van der Waals surface area contributed by atoms with E-state index in [0.29, 0.717) is 11.6 Å². The fraction of sp³-hybridized carbons (Fsp3) is 0.286. The second-order valence-electron chi connectivity index (χ2n) is 5.08. The molecule has 2 aromatic rings. The number of carbonyl (C=O) groups excluding carboxylic acids is 1. The van der Waals surface area contributed by atoms with E-state index >= 15 is 0 Å². The number of amides is 1. The molecule has 0 aromatic carbocycles. The number of aromatic nitrogens is 1. The summed E-state index contributed by atoms with van der Waals surface area (Å²) in [5, 5.41) is 16.1. The molecule has 23 heavy (non-hydrogen) atoms. The SMILES string of the molecule is CC(O)(CNC(=O)c1ccc(C(F)(F)F)[nH]c1=O)c1ccsc1. The molecule has 0 fully saturated rings. The predicted molar refractivity (Wildman–Crippen MR) is 78.3 cm³/mol. The molecule has 0 saturated heterocycles. The minimum atomic E-state index is -4.70. The smallest absolute Gasteiger partial charge is 0.384 e. The number of carbonyl (C=O) groups is 1. The van der Waals surface area contributed by atoms with Gasteiger partial charge in [0, 0.05) is 0 Å². The van der Waals surface area contributed by atoms with Gasteiger partial charge in [-0.3, -0.25) is 9.59 Å². The lowest BCUT2D eigenvalue weighted by Crippen LogP contribution is -2.40. The van der Waals surface area contributed by atoms with Crippen molar-refractivity contribution in [3.8, 4) is 0 Å². The van der Waals surface area contributed by atoms with Crippen LogP contribution in [-0.4, -0.2) is 22.5 Å². The van der Waals surface area contributed by atoms with Crippen molar-refractivity contribution in [2.24, 2.45) is 0 Å². The molecule has 0 aliphatic carbocycles. The topological polar surface area (TPSA) is 82.2 Å². The number of pyridine rings is 1. The maximum absolute atomic E-state index is 12.5. The van der Waals surface area contributed by atoms with E-state index in [9.17, 15) is 27.9 Å². The molecule has 0 bridgehead atoms. The quantitative estimate of drug-likeness (QED) is 0.793. The number of rotatable bonds is 4. The first-order valence-corrected chi connectivity index (χ1v) is 7.39. The van der Waals surface area contributed by atoms with Gasteiger partial charge in [0.2, 0.25) is 0 Å². The molecule has 3 N–H and O–H groups in total. The summed E-state index contributed by atoms with van der Waals surface area (Å²) < 4.78 is 37.4. The minimum Gasteiger partial charge on any atom is -0.384 e. The van der Waals surface area contributed by atoms with Crippen LogP contribution < -0.4 is 10.9 Å². The van der Waals surface area contributed by atoms with Crippen LogP contribution in [0.25, 0.3) is 0 Å². The monoisotopic (exact) mass is 346 g/mol. The number of aliphatic hydroxyl groups is 1.